The number of H-pyrrole nitrogens is 1. The second kappa shape index (κ2) is 3.23. The molecule has 0 unspecified atom stereocenters. The number of para-hydroxylation sites is 1. The van der Waals surface area contributed by atoms with Crippen molar-refractivity contribution in [3.63, 3.8) is 0 Å². The maximum Gasteiger partial charge on any atom is 0.141 e. The molecule has 0 bridgehead atoms. The highest BCUT2D eigenvalue weighted by Gasteiger charge is 2.08. The first-order valence-electron chi connectivity index (χ1n) is 4.04. The van der Waals surface area contributed by atoms with Crippen LogP contribution in [0, 0.1) is 11.3 Å². The minimum absolute atomic E-state index is 0.00333. The summed E-state index contributed by atoms with van der Waals surface area (Å²) in [4.78, 5) is 0. The first-order valence-corrected chi connectivity index (χ1v) is 4.04. The van der Waals surface area contributed by atoms with E-state index >= 15 is 0 Å². The van der Waals surface area contributed by atoms with Gasteiger partial charge in [0.15, 0.2) is 0 Å². The molecule has 0 saturated carbocycles. The molecular weight excluding hydrogens is 178 g/mol. The first-order chi connectivity index (χ1) is 6.83. The quantitative estimate of drug-likeness (QED) is 0.709. The lowest BCUT2D eigenvalue weighted by Crippen LogP contribution is -1.80. The number of nitrogens with zero attached hydrogens (tertiary/aromatic N) is 2. The van der Waals surface area contributed by atoms with E-state index in [1.54, 1.807) is 30.6 Å². The third kappa shape index (κ3) is 1.21. The molecule has 4 heteroatoms. The largest absolute Gasteiger partial charge is 0.506 e. The van der Waals surface area contributed by atoms with Gasteiger partial charge in [-0.05, 0) is 6.07 Å². The van der Waals surface area contributed by atoms with Crippen molar-refractivity contribution >= 4 is 0 Å². The van der Waals surface area contributed by atoms with Crippen molar-refractivity contribution in [2.45, 2.75) is 0 Å². The minimum atomic E-state index is -0.00333. The zero-order chi connectivity index (χ0) is 9.97. The van der Waals surface area contributed by atoms with Crippen LogP contribution in [0.15, 0.2) is 30.6 Å². The van der Waals surface area contributed by atoms with Gasteiger partial charge in [0.25, 0.3) is 0 Å². The third-order valence-electron chi connectivity index (χ3n) is 1.97. The van der Waals surface area contributed by atoms with Gasteiger partial charge in [0, 0.05) is 17.3 Å². The van der Waals surface area contributed by atoms with Gasteiger partial charge in [-0.25, -0.2) is 0 Å². The van der Waals surface area contributed by atoms with Crippen molar-refractivity contribution in [3.05, 3.63) is 36.2 Å². The lowest BCUT2D eigenvalue weighted by molar-refractivity contribution is 0.475. The first kappa shape index (κ1) is 8.32. The monoisotopic (exact) mass is 185 g/mol. The fourth-order valence-electron chi connectivity index (χ4n) is 1.26. The number of aromatic hydroxyl groups is 1. The molecule has 68 valence electrons. The number of hydrogen-bond acceptors (Lipinski definition) is 3. The molecule has 0 amide bonds. The molecule has 1 heterocycles. The Morgan fingerprint density at radius 2 is 2.29 bits per heavy atom. The number of aromatic nitrogens is 2. The Kier molecular flexibility index (Phi) is 1.92. The summed E-state index contributed by atoms with van der Waals surface area (Å²) in [6.07, 6.45) is 3.26. The second-order valence-electron chi connectivity index (χ2n) is 2.80. The molecular formula is C10H7N3O. The summed E-state index contributed by atoms with van der Waals surface area (Å²) in [6.45, 7) is 0. The SMILES string of the molecule is N#Cc1cccc(-c2cn[nH]c2)c1O. The highest BCUT2D eigenvalue weighted by atomic mass is 16.3. The van der Waals surface area contributed by atoms with Gasteiger partial charge in [-0.3, -0.25) is 5.10 Å². The number of nitrogens with one attached hydrogen (secondary N) is 1. The fraction of sp³-hybridized carbons (Fsp3) is 0. The molecule has 0 aliphatic carbocycles. The van der Waals surface area contributed by atoms with Gasteiger partial charge in [0.2, 0.25) is 0 Å². The number of benzene rings is 1. The predicted molar refractivity (Wildman–Crippen MR) is 50.4 cm³/mol. The van der Waals surface area contributed by atoms with Crippen molar-refractivity contribution < 1.29 is 5.11 Å². The number of phenols is 1. The lowest BCUT2D eigenvalue weighted by atomic mass is 10.1. The van der Waals surface area contributed by atoms with Gasteiger partial charge in [-0.2, -0.15) is 10.4 Å². The van der Waals surface area contributed by atoms with Crippen LogP contribution in [0.5, 0.6) is 5.75 Å². The molecule has 0 radical (unpaired) electrons. The molecule has 2 aromatic rings. The van der Waals surface area contributed by atoms with Crippen molar-refractivity contribution in [2.75, 3.05) is 0 Å². The van der Waals surface area contributed by atoms with E-state index in [9.17, 15) is 5.11 Å². The van der Waals surface area contributed by atoms with Crippen LogP contribution < -0.4 is 0 Å². The summed E-state index contributed by atoms with van der Waals surface area (Å²) in [5, 5.41) is 24.8. The van der Waals surface area contributed by atoms with Gasteiger partial charge in [0.1, 0.15) is 11.8 Å². The lowest BCUT2D eigenvalue weighted by Gasteiger charge is -2.01. The molecule has 2 rings (SSSR count). The van der Waals surface area contributed by atoms with Gasteiger partial charge < -0.3 is 5.11 Å². The molecule has 2 N–H and O–H groups in total. The van der Waals surface area contributed by atoms with Crippen LogP contribution in [0.3, 0.4) is 0 Å². The van der Waals surface area contributed by atoms with E-state index in [0.29, 0.717) is 5.56 Å². The number of hydrogen-bond donors (Lipinski definition) is 2. The van der Waals surface area contributed by atoms with E-state index in [0.717, 1.165) is 5.56 Å². The van der Waals surface area contributed by atoms with Crippen LogP contribution in [0.1, 0.15) is 5.56 Å². The normalized spacial score (nSPS) is 9.64. The number of aromatic amines is 1. The van der Waals surface area contributed by atoms with E-state index in [-0.39, 0.29) is 11.3 Å². The Labute approximate surface area is 80.4 Å². The smallest absolute Gasteiger partial charge is 0.141 e. The van der Waals surface area contributed by atoms with E-state index in [2.05, 4.69) is 10.2 Å². The molecule has 0 aliphatic rings. The summed E-state index contributed by atoms with van der Waals surface area (Å²) in [5.41, 5.74) is 1.64. The van der Waals surface area contributed by atoms with E-state index in [4.69, 9.17) is 5.26 Å². The molecule has 1 aromatic heterocycles. The minimum Gasteiger partial charge on any atom is -0.506 e. The summed E-state index contributed by atoms with van der Waals surface area (Å²) in [6, 6.07) is 6.95. The van der Waals surface area contributed by atoms with Crippen LogP contribution in [0.25, 0.3) is 11.1 Å². The van der Waals surface area contributed by atoms with Crippen molar-refractivity contribution in [1.29, 1.82) is 5.26 Å². The Morgan fingerprint density at radius 3 is 2.93 bits per heavy atom. The Balaban J connectivity index is 2.61. The van der Waals surface area contributed by atoms with E-state index in [1.807, 2.05) is 6.07 Å². The second-order valence-corrected chi connectivity index (χ2v) is 2.80. The average Bonchev–Trinajstić information content (AvgIpc) is 2.71. The third-order valence-corrected chi connectivity index (χ3v) is 1.97. The summed E-state index contributed by atoms with van der Waals surface area (Å²) in [5.74, 6) is -0.00333. The van der Waals surface area contributed by atoms with Crippen molar-refractivity contribution in [3.8, 4) is 22.9 Å². The topological polar surface area (TPSA) is 72.7 Å². The Bertz CT molecular complexity index is 483. The van der Waals surface area contributed by atoms with E-state index < -0.39 is 0 Å². The van der Waals surface area contributed by atoms with Gasteiger partial charge in [0.05, 0.1) is 11.8 Å². The summed E-state index contributed by atoms with van der Waals surface area (Å²) in [7, 11) is 0. The highest BCUT2D eigenvalue weighted by molar-refractivity contribution is 5.72. The van der Waals surface area contributed by atoms with Crippen LogP contribution in [0.2, 0.25) is 0 Å². The number of rotatable bonds is 1. The van der Waals surface area contributed by atoms with Gasteiger partial charge >= 0.3 is 0 Å². The number of nitriles is 1. The van der Waals surface area contributed by atoms with Gasteiger partial charge in [-0.15, -0.1) is 0 Å². The van der Waals surface area contributed by atoms with Crippen LogP contribution in [-0.4, -0.2) is 15.3 Å². The zero-order valence-electron chi connectivity index (χ0n) is 7.23. The Morgan fingerprint density at radius 1 is 1.43 bits per heavy atom. The predicted octanol–water partition coefficient (Wildman–Crippen LogP) is 1.65. The highest BCUT2D eigenvalue weighted by Crippen LogP contribution is 2.30. The zero-order valence-corrected chi connectivity index (χ0v) is 7.23. The molecule has 0 spiro atoms. The average molecular weight is 185 g/mol. The standard InChI is InChI=1S/C10H7N3O/c11-4-7-2-1-3-9(10(7)14)8-5-12-13-6-8/h1-3,5-6,14H,(H,12,13). The van der Waals surface area contributed by atoms with Crippen molar-refractivity contribution in [1.82, 2.24) is 10.2 Å². The summed E-state index contributed by atoms with van der Waals surface area (Å²) >= 11 is 0. The van der Waals surface area contributed by atoms with Crippen LogP contribution in [0.4, 0.5) is 0 Å². The molecule has 0 aliphatic heterocycles. The summed E-state index contributed by atoms with van der Waals surface area (Å²) < 4.78 is 0. The van der Waals surface area contributed by atoms with E-state index in [1.165, 1.54) is 0 Å². The number of phenolic OH excluding ortho intramolecular Hbond substituents is 1. The maximum atomic E-state index is 9.70. The molecule has 0 atom stereocenters. The molecule has 4 nitrogen and oxygen atoms in total. The van der Waals surface area contributed by atoms with Crippen LogP contribution in [-0.2, 0) is 0 Å². The van der Waals surface area contributed by atoms with Crippen LogP contribution >= 0.6 is 0 Å². The molecule has 1 aromatic carbocycles. The maximum absolute atomic E-state index is 9.70. The molecule has 0 fully saturated rings. The molecule has 0 saturated heterocycles. The molecule has 14 heavy (non-hydrogen) atoms. The van der Waals surface area contributed by atoms with Crippen molar-refractivity contribution in [2.24, 2.45) is 0 Å². The Hall–Kier alpha value is -2.28. The van der Waals surface area contributed by atoms with Gasteiger partial charge in [-0.1, -0.05) is 12.1 Å². The fourth-order valence-corrected chi connectivity index (χ4v) is 1.26.